The Balaban J connectivity index is 2.84. The van der Waals surface area contributed by atoms with Crippen LogP contribution in [0.2, 0.25) is 0 Å². The molecule has 21 heavy (non-hydrogen) atoms. The number of rotatable bonds is 10. The lowest BCUT2D eigenvalue weighted by Gasteiger charge is -2.24. The molecule has 0 amide bonds. The second-order valence-electron chi connectivity index (χ2n) is 5.54. The summed E-state index contributed by atoms with van der Waals surface area (Å²) in [5.74, 6) is 2.93. The summed E-state index contributed by atoms with van der Waals surface area (Å²) >= 11 is 0. The van der Waals surface area contributed by atoms with Crippen LogP contribution in [0.25, 0.3) is 0 Å². The van der Waals surface area contributed by atoms with E-state index in [4.69, 9.17) is 4.98 Å². The van der Waals surface area contributed by atoms with Crippen molar-refractivity contribution in [3.05, 3.63) is 11.9 Å². The molecule has 1 aromatic heterocycles. The highest BCUT2D eigenvalue weighted by Crippen LogP contribution is 2.17. The van der Waals surface area contributed by atoms with Crippen molar-refractivity contribution < 1.29 is 0 Å². The van der Waals surface area contributed by atoms with Crippen LogP contribution in [0.3, 0.4) is 0 Å². The minimum Gasteiger partial charge on any atom is -0.370 e. The average Bonchev–Trinajstić information content (AvgIpc) is 2.44. The van der Waals surface area contributed by atoms with E-state index in [0.29, 0.717) is 0 Å². The molecule has 0 unspecified atom stereocenters. The van der Waals surface area contributed by atoms with Gasteiger partial charge in [-0.15, -0.1) is 0 Å². The monoisotopic (exact) mass is 293 g/mol. The number of aryl methyl sites for hydroxylation is 1. The number of hydrogen-bond donors (Lipinski definition) is 1. The van der Waals surface area contributed by atoms with Crippen molar-refractivity contribution in [1.29, 1.82) is 0 Å². The molecule has 1 heterocycles. The number of nitrogens with one attached hydrogen (secondary N) is 1. The van der Waals surface area contributed by atoms with Crippen LogP contribution in [0.4, 0.5) is 11.6 Å². The highest BCUT2D eigenvalue weighted by Gasteiger charge is 2.10. The maximum absolute atomic E-state index is 4.74. The Morgan fingerprint density at radius 1 is 1.10 bits per heavy atom. The maximum atomic E-state index is 4.74. The fourth-order valence-corrected chi connectivity index (χ4v) is 2.26. The third kappa shape index (κ3) is 6.29. The van der Waals surface area contributed by atoms with Gasteiger partial charge in [-0.1, -0.05) is 6.92 Å². The predicted octanol–water partition coefficient (Wildman–Crippen LogP) is 2.64. The molecule has 0 spiro atoms. The first-order chi connectivity index (χ1) is 10.1. The van der Waals surface area contributed by atoms with Gasteiger partial charge in [0.05, 0.1) is 0 Å². The van der Waals surface area contributed by atoms with Gasteiger partial charge in [0.15, 0.2) is 0 Å². The first-order valence-electron chi connectivity index (χ1n) is 8.12. The molecule has 0 saturated carbocycles. The molecule has 0 fully saturated rings. The Kier molecular flexibility index (Phi) is 8.05. The van der Waals surface area contributed by atoms with E-state index in [2.05, 4.69) is 61.0 Å². The van der Waals surface area contributed by atoms with Crippen LogP contribution in [-0.2, 0) is 6.42 Å². The molecular formula is C16H31N5. The first kappa shape index (κ1) is 17.7. The zero-order chi connectivity index (χ0) is 15.7. The van der Waals surface area contributed by atoms with E-state index in [-0.39, 0.29) is 0 Å². The van der Waals surface area contributed by atoms with Crippen molar-refractivity contribution in [2.75, 3.05) is 50.5 Å². The maximum Gasteiger partial charge on any atom is 0.134 e. The second-order valence-corrected chi connectivity index (χ2v) is 5.54. The van der Waals surface area contributed by atoms with E-state index in [0.717, 1.165) is 62.9 Å². The lowest BCUT2D eigenvalue weighted by Crippen LogP contribution is -2.28. The van der Waals surface area contributed by atoms with Gasteiger partial charge in [0.25, 0.3) is 0 Å². The Morgan fingerprint density at radius 2 is 1.86 bits per heavy atom. The molecule has 1 aromatic rings. The molecule has 1 rings (SSSR count). The minimum absolute atomic E-state index is 0.884. The molecule has 0 aliphatic carbocycles. The smallest absolute Gasteiger partial charge is 0.134 e. The molecule has 120 valence electrons. The van der Waals surface area contributed by atoms with Gasteiger partial charge in [-0.05, 0) is 47.3 Å². The molecule has 5 nitrogen and oxygen atoms in total. The SMILES string of the molecule is CCCc1nc(NCC)cc(N(CC)CCCN(C)C)n1. The van der Waals surface area contributed by atoms with E-state index in [1.807, 2.05) is 0 Å². The Morgan fingerprint density at radius 3 is 2.43 bits per heavy atom. The fraction of sp³-hybridized carbons (Fsp3) is 0.750. The molecule has 0 aliphatic heterocycles. The van der Waals surface area contributed by atoms with Crippen LogP contribution in [0, 0.1) is 0 Å². The quantitative estimate of drug-likeness (QED) is 0.718. The van der Waals surface area contributed by atoms with Gasteiger partial charge in [0, 0.05) is 32.1 Å². The normalized spacial score (nSPS) is 11.0. The Bertz CT molecular complexity index is 381. The average molecular weight is 293 g/mol. The van der Waals surface area contributed by atoms with Crippen molar-refractivity contribution >= 4 is 11.6 Å². The number of anilines is 2. The second kappa shape index (κ2) is 9.55. The molecular weight excluding hydrogens is 262 g/mol. The van der Waals surface area contributed by atoms with Gasteiger partial charge in [-0.2, -0.15) is 0 Å². The summed E-state index contributed by atoms with van der Waals surface area (Å²) in [6.07, 6.45) is 3.15. The fourth-order valence-electron chi connectivity index (χ4n) is 2.26. The van der Waals surface area contributed by atoms with Crippen LogP contribution in [0.5, 0.6) is 0 Å². The summed E-state index contributed by atoms with van der Waals surface area (Å²) in [5, 5.41) is 3.31. The van der Waals surface area contributed by atoms with Crippen molar-refractivity contribution in [1.82, 2.24) is 14.9 Å². The molecule has 0 bridgehead atoms. The molecule has 5 heteroatoms. The van der Waals surface area contributed by atoms with Gasteiger partial charge in [-0.25, -0.2) is 9.97 Å². The van der Waals surface area contributed by atoms with Gasteiger partial charge in [-0.3, -0.25) is 0 Å². The summed E-state index contributed by atoms with van der Waals surface area (Å²) in [6, 6.07) is 2.07. The van der Waals surface area contributed by atoms with Gasteiger partial charge in [0.2, 0.25) is 0 Å². The van der Waals surface area contributed by atoms with Crippen LogP contribution in [0.15, 0.2) is 6.07 Å². The minimum atomic E-state index is 0.884. The Hall–Kier alpha value is -1.36. The van der Waals surface area contributed by atoms with Crippen LogP contribution >= 0.6 is 0 Å². The summed E-state index contributed by atoms with van der Waals surface area (Å²) in [7, 11) is 4.23. The predicted molar refractivity (Wildman–Crippen MR) is 91.2 cm³/mol. The highest BCUT2D eigenvalue weighted by atomic mass is 15.2. The third-order valence-electron chi connectivity index (χ3n) is 3.33. The molecule has 0 saturated heterocycles. The van der Waals surface area contributed by atoms with Crippen molar-refractivity contribution in [2.24, 2.45) is 0 Å². The zero-order valence-electron chi connectivity index (χ0n) is 14.3. The molecule has 0 atom stereocenters. The number of aromatic nitrogens is 2. The summed E-state index contributed by atoms with van der Waals surface area (Å²) in [5.41, 5.74) is 0. The van der Waals surface area contributed by atoms with E-state index in [9.17, 15) is 0 Å². The van der Waals surface area contributed by atoms with Gasteiger partial charge in [0.1, 0.15) is 17.5 Å². The van der Waals surface area contributed by atoms with Crippen LogP contribution in [0.1, 0.15) is 39.4 Å². The van der Waals surface area contributed by atoms with Crippen molar-refractivity contribution in [2.45, 2.75) is 40.0 Å². The lowest BCUT2D eigenvalue weighted by atomic mass is 10.3. The van der Waals surface area contributed by atoms with E-state index < -0.39 is 0 Å². The molecule has 0 aliphatic rings. The number of hydrogen-bond acceptors (Lipinski definition) is 5. The molecule has 1 N–H and O–H groups in total. The van der Waals surface area contributed by atoms with Crippen molar-refractivity contribution in [3.8, 4) is 0 Å². The standard InChI is InChI=1S/C16H31N5/c1-6-10-14-18-15(17-7-2)13-16(19-14)21(8-3)12-9-11-20(4)5/h13H,6-12H2,1-5H3,(H,17,18,19). The lowest BCUT2D eigenvalue weighted by molar-refractivity contribution is 0.400. The van der Waals surface area contributed by atoms with E-state index in [1.54, 1.807) is 0 Å². The topological polar surface area (TPSA) is 44.3 Å². The zero-order valence-corrected chi connectivity index (χ0v) is 14.3. The van der Waals surface area contributed by atoms with E-state index >= 15 is 0 Å². The molecule has 0 radical (unpaired) electrons. The van der Waals surface area contributed by atoms with Crippen LogP contribution in [-0.4, -0.2) is 55.1 Å². The number of nitrogens with zero attached hydrogens (tertiary/aromatic N) is 4. The van der Waals surface area contributed by atoms with Crippen molar-refractivity contribution in [3.63, 3.8) is 0 Å². The molecule has 0 aromatic carbocycles. The highest BCUT2D eigenvalue weighted by molar-refractivity contribution is 5.49. The summed E-state index contributed by atoms with van der Waals surface area (Å²) < 4.78 is 0. The first-order valence-corrected chi connectivity index (χ1v) is 8.12. The van der Waals surface area contributed by atoms with Gasteiger partial charge < -0.3 is 15.1 Å². The summed E-state index contributed by atoms with van der Waals surface area (Å²) in [6.45, 7) is 10.4. The third-order valence-corrected chi connectivity index (χ3v) is 3.33. The van der Waals surface area contributed by atoms with Crippen LogP contribution < -0.4 is 10.2 Å². The Labute approximate surface area is 129 Å². The van der Waals surface area contributed by atoms with Gasteiger partial charge >= 0.3 is 0 Å². The summed E-state index contributed by atoms with van der Waals surface area (Å²) in [4.78, 5) is 13.9. The van der Waals surface area contributed by atoms with E-state index in [1.165, 1.54) is 0 Å². The largest absolute Gasteiger partial charge is 0.370 e.